The maximum Gasteiger partial charge on any atom is 0.246 e. The van der Waals surface area contributed by atoms with Crippen molar-refractivity contribution in [2.45, 2.75) is 38.1 Å². The van der Waals surface area contributed by atoms with E-state index in [0.717, 1.165) is 67.8 Å². The maximum atomic E-state index is 13.1. The second kappa shape index (κ2) is 11.4. The van der Waals surface area contributed by atoms with Gasteiger partial charge in [0.25, 0.3) is 0 Å². The van der Waals surface area contributed by atoms with Crippen LogP contribution in [0.5, 0.6) is 17.2 Å². The number of hydrogen-bond donors (Lipinski definition) is 0. The molecule has 1 saturated carbocycles. The standard InChI is InChI=1S/C28H37N5O4/c1-35-24-9-7-20(26(36-2)27(24)37-3)8-10-25(34)32-13-11-21-19-29-28(30-23(21)12-14-32)33-17-15-31(16-18-33)22-5-4-6-22/h7-10,19,22H,4-6,11-18H2,1-3H3/b10-8+. The van der Waals surface area contributed by atoms with Gasteiger partial charge in [0.15, 0.2) is 11.5 Å². The zero-order valence-electron chi connectivity index (χ0n) is 22.1. The highest BCUT2D eigenvalue weighted by Crippen LogP contribution is 2.40. The molecule has 0 spiro atoms. The second-order valence-corrected chi connectivity index (χ2v) is 9.83. The summed E-state index contributed by atoms with van der Waals surface area (Å²) in [5.74, 6) is 2.40. The third-order valence-electron chi connectivity index (χ3n) is 7.85. The lowest BCUT2D eigenvalue weighted by atomic mass is 9.91. The summed E-state index contributed by atoms with van der Waals surface area (Å²) in [6.45, 7) is 5.40. The highest BCUT2D eigenvalue weighted by molar-refractivity contribution is 5.92. The van der Waals surface area contributed by atoms with Gasteiger partial charge in [0.2, 0.25) is 17.6 Å². The summed E-state index contributed by atoms with van der Waals surface area (Å²) in [6.07, 6.45) is 10.9. The van der Waals surface area contributed by atoms with Crippen LogP contribution in [0.2, 0.25) is 0 Å². The summed E-state index contributed by atoms with van der Waals surface area (Å²) < 4.78 is 16.3. The first-order valence-electron chi connectivity index (χ1n) is 13.2. The number of aromatic nitrogens is 2. The van der Waals surface area contributed by atoms with Crippen molar-refractivity contribution in [2.75, 3.05) is 65.5 Å². The van der Waals surface area contributed by atoms with Gasteiger partial charge in [-0.05, 0) is 43.0 Å². The number of benzene rings is 1. The summed E-state index contributed by atoms with van der Waals surface area (Å²) in [7, 11) is 4.72. The largest absolute Gasteiger partial charge is 0.493 e. The van der Waals surface area contributed by atoms with E-state index in [-0.39, 0.29) is 5.91 Å². The van der Waals surface area contributed by atoms with Crippen LogP contribution in [0.1, 0.15) is 36.1 Å². The lowest BCUT2D eigenvalue weighted by Crippen LogP contribution is -2.52. The van der Waals surface area contributed by atoms with Gasteiger partial charge >= 0.3 is 0 Å². The lowest BCUT2D eigenvalue weighted by molar-refractivity contribution is -0.125. The van der Waals surface area contributed by atoms with Gasteiger partial charge in [0.05, 0.1) is 27.0 Å². The Kier molecular flexibility index (Phi) is 7.79. The first kappa shape index (κ1) is 25.3. The van der Waals surface area contributed by atoms with Gasteiger partial charge in [-0.15, -0.1) is 0 Å². The molecule has 5 rings (SSSR count). The number of rotatable bonds is 7. The summed E-state index contributed by atoms with van der Waals surface area (Å²) in [5.41, 5.74) is 2.95. The van der Waals surface area contributed by atoms with E-state index in [2.05, 4.69) is 9.80 Å². The van der Waals surface area contributed by atoms with Gasteiger partial charge in [-0.3, -0.25) is 9.69 Å². The van der Waals surface area contributed by atoms with E-state index in [4.69, 9.17) is 24.2 Å². The summed E-state index contributed by atoms with van der Waals surface area (Å²) >= 11 is 0. The molecule has 0 atom stereocenters. The lowest BCUT2D eigenvalue weighted by Gasteiger charge is -2.43. The minimum atomic E-state index is -0.0371. The smallest absolute Gasteiger partial charge is 0.246 e. The van der Waals surface area contributed by atoms with Gasteiger partial charge in [-0.1, -0.05) is 6.42 Å². The molecule has 9 heteroatoms. The quantitative estimate of drug-likeness (QED) is 0.530. The minimum Gasteiger partial charge on any atom is -0.493 e. The Morgan fingerprint density at radius 3 is 2.38 bits per heavy atom. The van der Waals surface area contributed by atoms with Crippen molar-refractivity contribution in [2.24, 2.45) is 0 Å². The van der Waals surface area contributed by atoms with Gasteiger partial charge in [-0.2, -0.15) is 0 Å². The molecule has 1 aromatic carbocycles. The zero-order valence-corrected chi connectivity index (χ0v) is 22.1. The summed E-state index contributed by atoms with van der Waals surface area (Å²) in [6, 6.07) is 4.45. The highest BCUT2D eigenvalue weighted by atomic mass is 16.5. The number of nitrogens with zero attached hydrogens (tertiary/aromatic N) is 5. The van der Waals surface area contributed by atoms with Crippen molar-refractivity contribution in [3.8, 4) is 17.2 Å². The van der Waals surface area contributed by atoms with Gasteiger partial charge in [0.1, 0.15) is 0 Å². The number of piperazine rings is 1. The average Bonchev–Trinajstić information content (AvgIpc) is 3.12. The van der Waals surface area contributed by atoms with Gasteiger partial charge < -0.3 is 24.0 Å². The molecule has 0 radical (unpaired) electrons. The van der Waals surface area contributed by atoms with Crippen LogP contribution in [0.15, 0.2) is 24.4 Å². The zero-order chi connectivity index (χ0) is 25.8. The van der Waals surface area contributed by atoms with Crippen LogP contribution in [-0.2, 0) is 17.6 Å². The molecular formula is C28H37N5O4. The van der Waals surface area contributed by atoms with Crippen molar-refractivity contribution in [1.29, 1.82) is 0 Å². The molecule has 2 aliphatic heterocycles. The van der Waals surface area contributed by atoms with E-state index >= 15 is 0 Å². The van der Waals surface area contributed by atoms with E-state index in [0.29, 0.717) is 30.3 Å². The first-order chi connectivity index (χ1) is 18.1. The molecule has 1 saturated heterocycles. The number of carbonyl (C=O) groups excluding carboxylic acids is 1. The van der Waals surface area contributed by atoms with E-state index < -0.39 is 0 Å². The molecule has 9 nitrogen and oxygen atoms in total. The maximum absolute atomic E-state index is 13.1. The van der Waals surface area contributed by atoms with E-state index in [9.17, 15) is 4.79 Å². The molecule has 1 amide bonds. The predicted octanol–water partition coefficient (Wildman–Crippen LogP) is 2.82. The molecule has 0 unspecified atom stereocenters. The molecule has 0 bridgehead atoms. The number of fused-ring (bicyclic) bond motifs is 1. The van der Waals surface area contributed by atoms with Crippen LogP contribution >= 0.6 is 0 Å². The highest BCUT2D eigenvalue weighted by Gasteiger charge is 2.29. The Bertz CT molecular complexity index is 1140. The van der Waals surface area contributed by atoms with E-state index in [1.807, 2.05) is 17.2 Å². The van der Waals surface area contributed by atoms with Crippen LogP contribution in [0.25, 0.3) is 6.08 Å². The van der Waals surface area contributed by atoms with Crippen molar-refractivity contribution in [3.05, 3.63) is 41.2 Å². The van der Waals surface area contributed by atoms with Crippen molar-refractivity contribution >= 4 is 17.9 Å². The Morgan fingerprint density at radius 1 is 0.946 bits per heavy atom. The van der Waals surface area contributed by atoms with Crippen LogP contribution in [0, 0.1) is 0 Å². The molecule has 37 heavy (non-hydrogen) atoms. The fourth-order valence-electron chi connectivity index (χ4n) is 5.40. The van der Waals surface area contributed by atoms with Gasteiger partial charge in [-0.25, -0.2) is 9.97 Å². The van der Waals surface area contributed by atoms with Crippen molar-refractivity contribution < 1.29 is 19.0 Å². The second-order valence-electron chi connectivity index (χ2n) is 9.83. The third kappa shape index (κ3) is 5.37. The fraction of sp³-hybridized carbons (Fsp3) is 0.536. The molecule has 198 valence electrons. The monoisotopic (exact) mass is 507 g/mol. The van der Waals surface area contributed by atoms with Crippen LogP contribution in [0.3, 0.4) is 0 Å². The van der Waals surface area contributed by atoms with E-state index in [1.165, 1.54) is 19.3 Å². The minimum absolute atomic E-state index is 0.0371. The molecule has 2 aromatic rings. The Labute approximate surface area is 219 Å². The molecule has 3 heterocycles. The van der Waals surface area contributed by atoms with Crippen LogP contribution in [0.4, 0.5) is 5.95 Å². The molecule has 1 aromatic heterocycles. The predicted molar refractivity (Wildman–Crippen MR) is 143 cm³/mol. The number of carbonyl (C=O) groups is 1. The van der Waals surface area contributed by atoms with Crippen molar-refractivity contribution in [3.63, 3.8) is 0 Å². The number of hydrogen-bond acceptors (Lipinski definition) is 8. The van der Waals surface area contributed by atoms with Crippen LogP contribution < -0.4 is 19.1 Å². The normalized spacial score (nSPS) is 18.8. The number of methoxy groups -OCH3 is 3. The van der Waals surface area contributed by atoms with Crippen LogP contribution in [-0.4, -0.2) is 92.3 Å². The SMILES string of the molecule is COc1ccc(/C=C/C(=O)N2CCc3cnc(N4CCN(C5CCC5)CC4)nc3CC2)c(OC)c1OC. The average molecular weight is 508 g/mol. The fourth-order valence-corrected chi connectivity index (χ4v) is 5.40. The number of anilines is 1. The number of amides is 1. The van der Waals surface area contributed by atoms with Crippen molar-refractivity contribution in [1.82, 2.24) is 19.8 Å². The molecule has 3 aliphatic rings. The molecule has 1 aliphatic carbocycles. The summed E-state index contributed by atoms with van der Waals surface area (Å²) in [4.78, 5) is 29.5. The first-order valence-corrected chi connectivity index (χ1v) is 13.2. The molecule has 0 N–H and O–H groups in total. The number of ether oxygens (including phenoxy) is 3. The summed E-state index contributed by atoms with van der Waals surface area (Å²) in [5, 5.41) is 0. The topological polar surface area (TPSA) is 80.3 Å². The Morgan fingerprint density at radius 2 is 1.70 bits per heavy atom. The Hall–Kier alpha value is -3.33. The Balaban J connectivity index is 1.21. The van der Waals surface area contributed by atoms with E-state index in [1.54, 1.807) is 39.5 Å². The third-order valence-corrected chi connectivity index (χ3v) is 7.85. The molecular weight excluding hydrogens is 470 g/mol. The molecule has 2 fully saturated rings. The van der Waals surface area contributed by atoms with Gasteiger partial charge in [0, 0.05) is 69.6 Å².